The van der Waals surface area contributed by atoms with E-state index in [2.05, 4.69) is 20.8 Å². The number of H-pyrrole nitrogens is 1. The molecular weight excluding hydrogens is 300 g/mol. The van der Waals surface area contributed by atoms with Crippen molar-refractivity contribution in [1.29, 1.82) is 0 Å². The first-order valence-electron chi connectivity index (χ1n) is 7.41. The van der Waals surface area contributed by atoms with Gasteiger partial charge in [-0.3, -0.25) is 9.89 Å². The van der Waals surface area contributed by atoms with Gasteiger partial charge in [0.25, 0.3) is 0 Å². The summed E-state index contributed by atoms with van der Waals surface area (Å²) in [5.41, 5.74) is 2.88. The molecule has 3 rings (SSSR count). The summed E-state index contributed by atoms with van der Waals surface area (Å²) >= 11 is 0. The highest BCUT2D eigenvalue weighted by atomic mass is 35.5. The second-order valence-corrected chi connectivity index (χ2v) is 5.49. The molecule has 0 spiro atoms. The van der Waals surface area contributed by atoms with E-state index in [9.17, 15) is 4.79 Å². The Morgan fingerprint density at radius 1 is 1.18 bits per heavy atom. The first kappa shape index (κ1) is 16.5. The molecule has 1 aliphatic heterocycles. The van der Waals surface area contributed by atoms with Gasteiger partial charge >= 0.3 is 0 Å². The highest BCUT2D eigenvalue weighted by Crippen LogP contribution is 2.20. The summed E-state index contributed by atoms with van der Waals surface area (Å²) in [4.78, 5) is 12.0. The van der Waals surface area contributed by atoms with Crippen molar-refractivity contribution >= 4 is 24.0 Å². The van der Waals surface area contributed by atoms with Crippen molar-refractivity contribution in [2.75, 3.05) is 18.4 Å². The number of aromatic amines is 1. The van der Waals surface area contributed by atoms with E-state index in [-0.39, 0.29) is 18.3 Å². The topological polar surface area (TPSA) is 69.8 Å². The fraction of sp³-hybridized carbons (Fsp3) is 0.375. The molecule has 0 radical (unpaired) electrons. The molecule has 1 aliphatic rings. The van der Waals surface area contributed by atoms with E-state index < -0.39 is 0 Å². The van der Waals surface area contributed by atoms with E-state index >= 15 is 0 Å². The Kier molecular flexibility index (Phi) is 5.98. The smallest absolute Gasteiger partial charge is 0.224 e. The SMILES string of the molecule is Cl.O=C(CC1CCNCC1)Nc1ccc(-c2ccn[nH]2)cc1. The van der Waals surface area contributed by atoms with Gasteiger partial charge in [-0.05, 0) is 55.6 Å². The molecule has 6 heteroatoms. The summed E-state index contributed by atoms with van der Waals surface area (Å²) in [6.45, 7) is 2.05. The van der Waals surface area contributed by atoms with Crippen LogP contribution in [0, 0.1) is 5.92 Å². The number of carbonyl (C=O) groups excluding carboxylic acids is 1. The zero-order chi connectivity index (χ0) is 14.5. The lowest BCUT2D eigenvalue weighted by Gasteiger charge is -2.21. The summed E-state index contributed by atoms with van der Waals surface area (Å²) < 4.78 is 0. The van der Waals surface area contributed by atoms with Gasteiger partial charge in [-0.15, -0.1) is 12.4 Å². The molecule has 1 aromatic heterocycles. The summed E-state index contributed by atoms with van der Waals surface area (Å²) in [6, 6.07) is 9.74. The van der Waals surface area contributed by atoms with Crippen molar-refractivity contribution in [1.82, 2.24) is 15.5 Å². The lowest BCUT2D eigenvalue weighted by molar-refractivity contribution is -0.117. The molecule has 1 aromatic carbocycles. The molecule has 2 heterocycles. The first-order chi connectivity index (χ1) is 10.3. The van der Waals surface area contributed by atoms with E-state index in [0.29, 0.717) is 12.3 Å². The maximum Gasteiger partial charge on any atom is 0.224 e. The molecule has 0 unspecified atom stereocenters. The van der Waals surface area contributed by atoms with Gasteiger partial charge in [-0.1, -0.05) is 12.1 Å². The molecule has 1 saturated heterocycles. The maximum absolute atomic E-state index is 12.0. The Bertz CT molecular complexity index is 577. The molecule has 1 fully saturated rings. The van der Waals surface area contributed by atoms with E-state index in [0.717, 1.165) is 42.9 Å². The van der Waals surface area contributed by atoms with Crippen LogP contribution >= 0.6 is 12.4 Å². The van der Waals surface area contributed by atoms with E-state index in [1.807, 2.05) is 30.3 Å². The molecule has 5 nitrogen and oxygen atoms in total. The van der Waals surface area contributed by atoms with Gasteiger partial charge in [0, 0.05) is 18.3 Å². The predicted molar refractivity (Wildman–Crippen MR) is 90.1 cm³/mol. The average molecular weight is 321 g/mol. The molecular formula is C16H21ClN4O. The summed E-state index contributed by atoms with van der Waals surface area (Å²) in [7, 11) is 0. The predicted octanol–water partition coefficient (Wildman–Crippen LogP) is 2.83. The Morgan fingerprint density at radius 2 is 1.91 bits per heavy atom. The van der Waals surface area contributed by atoms with Crippen molar-refractivity contribution < 1.29 is 4.79 Å². The van der Waals surface area contributed by atoms with Crippen molar-refractivity contribution in [3.63, 3.8) is 0 Å². The van der Waals surface area contributed by atoms with Gasteiger partial charge in [0.15, 0.2) is 0 Å². The average Bonchev–Trinajstić information content (AvgIpc) is 3.03. The van der Waals surface area contributed by atoms with Gasteiger partial charge < -0.3 is 10.6 Å². The van der Waals surface area contributed by atoms with Crippen LogP contribution in [0.3, 0.4) is 0 Å². The van der Waals surface area contributed by atoms with Crippen LogP contribution in [-0.2, 0) is 4.79 Å². The Balaban J connectivity index is 0.00000176. The van der Waals surface area contributed by atoms with Crippen LogP contribution in [0.2, 0.25) is 0 Å². The van der Waals surface area contributed by atoms with Crippen molar-refractivity contribution in [3.05, 3.63) is 36.5 Å². The summed E-state index contributed by atoms with van der Waals surface area (Å²) in [5.74, 6) is 0.617. The Labute approximate surface area is 136 Å². The minimum Gasteiger partial charge on any atom is -0.326 e. The number of benzene rings is 1. The third kappa shape index (κ3) is 4.32. The number of piperidine rings is 1. The lowest BCUT2D eigenvalue weighted by atomic mass is 9.94. The van der Waals surface area contributed by atoms with Crippen LogP contribution in [0.1, 0.15) is 19.3 Å². The number of amides is 1. The van der Waals surface area contributed by atoms with E-state index in [4.69, 9.17) is 0 Å². The zero-order valence-corrected chi connectivity index (χ0v) is 13.2. The molecule has 1 amide bonds. The molecule has 2 aromatic rings. The number of halogens is 1. The van der Waals surface area contributed by atoms with Crippen LogP contribution in [-0.4, -0.2) is 29.2 Å². The van der Waals surface area contributed by atoms with Gasteiger partial charge in [0.2, 0.25) is 5.91 Å². The van der Waals surface area contributed by atoms with Crippen LogP contribution < -0.4 is 10.6 Å². The Hall–Kier alpha value is -1.85. The summed E-state index contributed by atoms with van der Waals surface area (Å²) in [6.07, 6.45) is 4.52. The minimum absolute atomic E-state index is 0. The number of aromatic nitrogens is 2. The van der Waals surface area contributed by atoms with Gasteiger partial charge in [-0.25, -0.2) is 0 Å². The molecule has 0 aliphatic carbocycles. The third-order valence-electron chi connectivity index (χ3n) is 3.91. The molecule has 0 atom stereocenters. The van der Waals surface area contributed by atoms with Crippen LogP contribution in [0.4, 0.5) is 5.69 Å². The number of anilines is 1. The van der Waals surface area contributed by atoms with Gasteiger partial charge in [0.05, 0.1) is 5.69 Å². The molecule has 118 valence electrons. The second-order valence-electron chi connectivity index (χ2n) is 5.49. The zero-order valence-electron chi connectivity index (χ0n) is 12.3. The van der Waals surface area contributed by atoms with Gasteiger partial charge in [0.1, 0.15) is 0 Å². The molecule has 0 bridgehead atoms. The lowest BCUT2D eigenvalue weighted by Crippen LogP contribution is -2.30. The first-order valence-corrected chi connectivity index (χ1v) is 7.41. The number of hydrogen-bond donors (Lipinski definition) is 3. The monoisotopic (exact) mass is 320 g/mol. The van der Waals surface area contributed by atoms with Crippen molar-refractivity contribution in [2.24, 2.45) is 5.92 Å². The molecule has 3 N–H and O–H groups in total. The standard InChI is InChI=1S/C16H20N4O.ClH/c21-16(11-12-5-8-17-9-6-12)19-14-3-1-13(2-4-14)15-7-10-18-20-15;/h1-4,7,10,12,17H,5-6,8-9,11H2,(H,18,20)(H,19,21);1H. The molecule has 22 heavy (non-hydrogen) atoms. The number of hydrogen-bond acceptors (Lipinski definition) is 3. The number of rotatable bonds is 4. The van der Waals surface area contributed by atoms with Gasteiger partial charge in [-0.2, -0.15) is 5.10 Å². The number of nitrogens with zero attached hydrogens (tertiary/aromatic N) is 1. The van der Waals surface area contributed by atoms with Crippen molar-refractivity contribution in [3.8, 4) is 11.3 Å². The third-order valence-corrected chi connectivity index (χ3v) is 3.91. The fourth-order valence-corrected chi connectivity index (χ4v) is 2.71. The van der Waals surface area contributed by atoms with Crippen LogP contribution in [0.25, 0.3) is 11.3 Å². The van der Waals surface area contributed by atoms with E-state index in [1.54, 1.807) is 6.20 Å². The second kappa shape index (κ2) is 7.96. The maximum atomic E-state index is 12.0. The van der Waals surface area contributed by atoms with Crippen LogP contribution in [0.15, 0.2) is 36.5 Å². The number of carbonyl (C=O) groups is 1. The van der Waals surface area contributed by atoms with Crippen molar-refractivity contribution in [2.45, 2.75) is 19.3 Å². The highest BCUT2D eigenvalue weighted by Gasteiger charge is 2.16. The Morgan fingerprint density at radius 3 is 2.55 bits per heavy atom. The molecule has 0 saturated carbocycles. The normalized spacial score (nSPS) is 15.1. The van der Waals surface area contributed by atoms with Crippen LogP contribution in [0.5, 0.6) is 0 Å². The minimum atomic E-state index is 0. The quantitative estimate of drug-likeness (QED) is 0.811. The van der Waals surface area contributed by atoms with E-state index in [1.165, 1.54) is 0 Å². The highest BCUT2D eigenvalue weighted by molar-refractivity contribution is 5.91. The fourth-order valence-electron chi connectivity index (χ4n) is 2.71. The largest absolute Gasteiger partial charge is 0.326 e. The number of nitrogens with one attached hydrogen (secondary N) is 3. The summed E-state index contributed by atoms with van der Waals surface area (Å²) in [5, 5.41) is 13.2.